The van der Waals surface area contributed by atoms with Crippen molar-refractivity contribution in [1.29, 1.82) is 0 Å². The molecule has 0 unspecified atom stereocenters. The van der Waals surface area contributed by atoms with Crippen LogP contribution in [0, 0.1) is 0 Å². The molecule has 0 atom stereocenters. The van der Waals surface area contributed by atoms with E-state index in [0.29, 0.717) is 5.95 Å². The predicted molar refractivity (Wildman–Crippen MR) is 88.1 cm³/mol. The van der Waals surface area contributed by atoms with Crippen molar-refractivity contribution in [1.82, 2.24) is 20.1 Å². The first-order valence-corrected chi connectivity index (χ1v) is 8.51. The average molecular weight is 297 g/mol. The number of anilines is 1. The third-order valence-corrected chi connectivity index (χ3v) is 4.83. The first-order chi connectivity index (χ1) is 10.9. The number of fused-ring (bicyclic) bond motifs is 2. The Balaban J connectivity index is 1.42. The van der Waals surface area contributed by atoms with E-state index in [1.54, 1.807) is 0 Å². The molecule has 1 aliphatic carbocycles. The molecule has 5 nitrogen and oxygen atoms in total. The summed E-state index contributed by atoms with van der Waals surface area (Å²) in [7, 11) is 0. The highest BCUT2D eigenvalue weighted by Gasteiger charge is 2.14. The monoisotopic (exact) mass is 297 g/mol. The number of aryl methyl sites for hydroxylation is 2. The number of nitrogens with one attached hydrogen (secondary N) is 1. The number of hydrogen-bond acceptors (Lipinski definition) is 5. The molecule has 0 radical (unpaired) electrons. The van der Waals surface area contributed by atoms with E-state index in [1.165, 1.54) is 62.7 Å². The van der Waals surface area contributed by atoms with E-state index in [9.17, 15) is 0 Å². The summed E-state index contributed by atoms with van der Waals surface area (Å²) in [6.45, 7) is 4.40. The maximum Gasteiger partial charge on any atom is 0.243 e. The SMILES string of the molecule is c1c2c(cc3nc(NCCN4CCCCC4)nnc13)CCC2. The van der Waals surface area contributed by atoms with Gasteiger partial charge in [-0.15, -0.1) is 10.2 Å². The van der Waals surface area contributed by atoms with Gasteiger partial charge in [0.2, 0.25) is 5.95 Å². The molecule has 116 valence electrons. The van der Waals surface area contributed by atoms with Crippen LogP contribution in [-0.2, 0) is 12.8 Å². The summed E-state index contributed by atoms with van der Waals surface area (Å²) in [4.78, 5) is 7.14. The van der Waals surface area contributed by atoms with Crippen molar-refractivity contribution in [3.63, 3.8) is 0 Å². The minimum atomic E-state index is 0.655. The van der Waals surface area contributed by atoms with Gasteiger partial charge >= 0.3 is 0 Å². The standard InChI is InChI=1S/C17H23N5/c1-2-8-22(9-3-1)10-7-18-17-19-15-11-13-5-4-6-14(13)12-16(15)20-21-17/h11-12H,1-10H2,(H,18,19,21). The van der Waals surface area contributed by atoms with Crippen LogP contribution < -0.4 is 5.32 Å². The Hall–Kier alpha value is -1.75. The molecule has 1 fully saturated rings. The summed E-state index contributed by atoms with van der Waals surface area (Å²) < 4.78 is 0. The van der Waals surface area contributed by atoms with Crippen LogP contribution in [0.1, 0.15) is 36.8 Å². The third kappa shape index (κ3) is 2.90. The van der Waals surface area contributed by atoms with E-state index in [1.807, 2.05) is 0 Å². The third-order valence-electron chi connectivity index (χ3n) is 4.83. The lowest BCUT2D eigenvalue weighted by atomic mass is 10.1. The maximum absolute atomic E-state index is 4.63. The summed E-state index contributed by atoms with van der Waals surface area (Å²) in [5, 5.41) is 11.9. The van der Waals surface area contributed by atoms with E-state index in [0.717, 1.165) is 24.1 Å². The summed E-state index contributed by atoms with van der Waals surface area (Å²) in [6.07, 6.45) is 7.64. The average Bonchev–Trinajstić information content (AvgIpc) is 3.01. The second-order valence-electron chi connectivity index (χ2n) is 6.43. The lowest BCUT2D eigenvalue weighted by Gasteiger charge is -2.26. The fourth-order valence-corrected chi connectivity index (χ4v) is 3.59. The van der Waals surface area contributed by atoms with E-state index < -0.39 is 0 Å². The number of nitrogens with zero attached hydrogens (tertiary/aromatic N) is 4. The van der Waals surface area contributed by atoms with Gasteiger partial charge in [-0.3, -0.25) is 0 Å². The molecule has 5 heteroatoms. The van der Waals surface area contributed by atoms with Crippen LogP contribution in [0.4, 0.5) is 5.95 Å². The van der Waals surface area contributed by atoms with Crippen LogP contribution in [0.25, 0.3) is 11.0 Å². The molecule has 2 heterocycles. The highest BCUT2D eigenvalue weighted by molar-refractivity contribution is 5.77. The van der Waals surface area contributed by atoms with Crippen molar-refractivity contribution in [2.24, 2.45) is 0 Å². The molecule has 0 saturated carbocycles. The van der Waals surface area contributed by atoms with Gasteiger partial charge in [0.05, 0.1) is 5.52 Å². The van der Waals surface area contributed by atoms with Gasteiger partial charge < -0.3 is 10.2 Å². The molecule has 4 rings (SSSR count). The number of aromatic nitrogens is 3. The van der Waals surface area contributed by atoms with E-state index in [-0.39, 0.29) is 0 Å². The van der Waals surface area contributed by atoms with Crippen molar-refractivity contribution in [3.05, 3.63) is 23.3 Å². The van der Waals surface area contributed by atoms with Crippen LogP contribution in [0.15, 0.2) is 12.1 Å². The minimum Gasteiger partial charge on any atom is -0.352 e. The smallest absolute Gasteiger partial charge is 0.243 e. The molecule has 1 N–H and O–H groups in total. The molecular weight excluding hydrogens is 274 g/mol. The molecule has 0 amide bonds. The molecule has 2 aromatic rings. The quantitative estimate of drug-likeness (QED) is 0.939. The number of likely N-dealkylation sites (tertiary alicyclic amines) is 1. The van der Waals surface area contributed by atoms with Gasteiger partial charge in [0, 0.05) is 13.1 Å². The first-order valence-electron chi connectivity index (χ1n) is 8.51. The Morgan fingerprint density at radius 3 is 2.50 bits per heavy atom. The zero-order valence-corrected chi connectivity index (χ0v) is 13.0. The molecule has 1 saturated heterocycles. The number of piperidine rings is 1. The topological polar surface area (TPSA) is 53.9 Å². The second kappa shape index (κ2) is 6.16. The predicted octanol–water partition coefficient (Wildman–Crippen LogP) is 2.41. The van der Waals surface area contributed by atoms with Crippen molar-refractivity contribution in [2.45, 2.75) is 38.5 Å². The van der Waals surface area contributed by atoms with Gasteiger partial charge in [-0.25, -0.2) is 4.98 Å². The highest BCUT2D eigenvalue weighted by Crippen LogP contribution is 2.25. The Morgan fingerprint density at radius 2 is 1.68 bits per heavy atom. The Labute approximate surface area is 131 Å². The molecule has 0 bridgehead atoms. The van der Waals surface area contributed by atoms with Crippen LogP contribution in [0.5, 0.6) is 0 Å². The molecule has 22 heavy (non-hydrogen) atoms. The minimum absolute atomic E-state index is 0.655. The zero-order chi connectivity index (χ0) is 14.8. The fourth-order valence-electron chi connectivity index (χ4n) is 3.59. The summed E-state index contributed by atoms with van der Waals surface area (Å²) in [6, 6.07) is 4.36. The Kier molecular flexibility index (Phi) is 3.89. The molecule has 2 aliphatic rings. The normalized spacial score (nSPS) is 18.5. The number of benzene rings is 1. The van der Waals surface area contributed by atoms with Crippen LogP contribution in [-0.4, -0.2) is 46.3 Å². The maximum atomic E-state index is 4.63. The number of rotatable bonds is 4. The first kappa shape index (κ1) is 13.9. The second-order valence-corrected chi connectivity index (χ2v) is 6.43. The van der Waals surface area contributed by atoms with Gasteiger partial charge in [0.1, 0.15) is 5.52 Å². The lowest BCUT2D eigenvalue weighted by molar-refractivity contribution is 0.237. The number of hydrogen-bond donors (Lipinski definition) is 1. The molecule has 1 aromatic carbocycles. The van der Waals surface area contributed by atoms with Gasteiger partial charge in [0.25, 0.3) is 0 Å². The highest BCUT2D eigenvalue weighted by atomic mass is 15.2. The Morgan fingerprint density at radius 1 is 0.909 bits per heavy atom. The Bertz CT molecular complexity index is 663. The van der Waals surface area contributed by atoms with Crippen molar-refractivity contribution in [3.8, 4) is 0 Å². The molecule has 1 aliphatic heterocycles. The van der Waals surface area contributed by atoms with Gasteiger partial charge in [-0.05, 0) is 68.5 Å². The zero-order valence-electron chi connectivity index (χ0n) is 13.0. The van der Waals surface area contributed by atoms with Crippen molar-refractivity contribution in [2.75, 3.05) is 31.5 Å². The largest absolute Gasteiger partial charge is 0.352 e. The van der Waals surface area contributed by atoms with E-state index in [4.69, 9.17) is 0 Å². The van der Waals surface area contributed by atoms with Crippen LogP contribution >= 0.6 is 0 Å². The lowest BCUT2D eigenvalue weighted by Crippen LogP contribution is -2.33. The van der Waals surface area contributed by atoms with Gasteiger partial charge in [-0.1, -0.05) is 6.42 Å². The molecular formula is C17H23N5. The van der Waals surface area contributed by atoms with E-state index in [2.05, 4.69) is 37.5 Å². The molecule has 0 spiro atoms. The van der Waals surface area contributed by atoms with Crippen LogP contribution in [0.3, 0.4) is 0 Å². The summed E-state index contributed by atoms with van der Waals surface area (Å²) >= 11 is 0. The van der Waals surface area contributed by atoms with Crippen LogP contribution in [0.2, 0.25) is 0 Å². The van der Waals surface area contributed by atoms with Crippen molar-refractivity contribution >= 4 is 17.0 Å². The fraction of sp³-hybridized carbons (Fsp3) is 0.588. The van der Waals surface area contributed by atoms with Gasteiger partial charge in [0.15, 0.2) is 0 Å². The summed E-state index contributed by atoms with van der Waals surface area (Å²) in [5.74, 6) is 0.655. The van der Waals surface area contributed by atoms with E-state index >= 15 is 0 Å². The molecule has 1 aromatic heterocycles. The summed E-state index contributed by atoms with van der Waals surface area (Å²) in [5.41, 5.74) is 4.75. The van der Waals surface area contributed by atoms with Gasteiger partial charge in [-0.2, -0.15) is 0 Å². The van der Waals surface area contributed by atoms with Crippen molar-refractivity contribution < 1.29 is 0 Å².